The molecule has 2 nitrogen and oxygen atoms in total. The number of rotatable bonds is 4. The second-order valence-electron chi connectivity index (χ2n) is 11.3. The zero-order valence-corrected chi connectivity index (χ0v) is 22.8. The maximum absolute atomic E-state index is 14.1. The van der Waals surface area contributed by atoms with Crippen LogP contribution in [-0.4, -0.2) is 26.2 Å². The maximum atomic E-state index is 14.1. The van der Waals surface area contributed by atoms with Crippen molar-refractivity contribution in [3.8, 4) is 22.3 Å². The van der Waals surface area contributed by atoms with Gasteiger partial charge in [0.15, 0.2) is 0 Å². The molecular weight excluding hydrogens is 498 g/mol. The third-order valence-corrected chi connectivity index (χ3v) is 8.79. The highest BCUT2D eigenvalue weighted by atomic mass is 19.1. The average Bonchev–Trinajstić information content (AvgIpc) is 3.01. The van der Waals surface area contributed by atoms with E-state index in [2.05, 4.69) is 46.2 Å². The smallest absolute Gasteiger partial charge is 0.123 e. The fraction of sp³-hybridized carbons (Fsp3) is 0.278. The minimum atomic E-state index is -0.235. The van der Waals surface area contributed by atoms with E-state index in [9.17, 15) is 8.78 Å². The predicted octanol–water partition coefficient (Wildman–Crippen LogP) is 9.59. The van der Waals surface area contributed by atoms with Gasteiger partial charge in [-0.15, -0.1) is 0 Å². The van der Waals surface area contributed by atoms with Crippen molar-refractivity contribution in [1.29, 1.82) is 0 Å². The van der Waals surface area contributed by atoms with Gasteiger partial charge >= 0.3 is 0 Å². The van der Waals surface area contributed by atoms with Crippen molar-refractivity contribution in [3.05, 3.63) is 96.6 Å². The van der Waals surface area contributed by atoms with Crippen LogP contribution in [0.4, 0.5) is 20.2 Å². The number of anilines is 2. The molecule has 0 aliphatic carbocycles. The molecule has 2 aliphatic heterocycles. The van der Waals surface area contributed by atoms with Gasteiger partial charge in [0.25, 0.3) is 0 Å². The van der Waals surface area contributed by atoms with E-state index in [0.29, 0.717) is 0 Å². The summed E-state index contributed by atoms with van der Waals surface area (Å²) in [7, 11) is 0. The van der Waals surface area contributed by atoms with E-state index in [-0.39, 0.29) is 11.6 Å². The van der Waals surface area contributed by atoms with Gasteiger partial charge in [0.05, 0.1) is 0 Å². The highest BCUT2D eigenvalue weighted by Crippen LogP contribution is 2.46. The fourth-order valence-corrected chi connectivity index (χ4v) is 6.76. The van der Waals surface area contributed by atoms with Crippen LogP contribution in [0.25, 0.3) is 43.8 Å². The van der Waals surface area contributed by atoms with Crippen LogP contribution in [0.5, 0.6) is 0 Å². The average molecular weight is 533 g/mol. The standard InChI is InChI=1S/C36H34F2N2/c37-27-11-7-25(8-12-27)35-32-18-16-30(40-21-5-2-6-22-40)24-34(32)36(26-9-13-28(38)14-10-26)31-17-15-29(23-33(31)35)39-19-3-1-4-20-39/h7-18,23-24H,1-6,19-22H2. The van der Waals surface area contributed by atoms with Crippen LogP contribution < -0.4 is 9.80 Å². The number of nitrogens with zero attached hydrogens (tertiary/aromatic N) is 2. The number of piperidine rings is 2. The molecular formula is C36H34F2N2. The largest absolute Gasteiger partial charge is 0.372 e. The highest BCUT2D eigenvalue weighted by molar-refractivity contribution is 6.22. The van der Waals surface area contributed by atoms with Crippen LogP contribution in [-0.2, 0) is 0 Å². The fourth-order valence-electron chi connectivity index (χ4n) is 6.76. The number of hydrogen-bond donors (Lipinski definition) is 0. The van der Waals surface area contributed by atoms with Crippen molar-refractivity contribution in [2.45, 2.75) is 38.5 Å². The molecule has 7 rings (SSSR count). The zero-order valence-electron chi connectivity index (χ0n) is 22.8. The Morgan fingerprint density at radius 2 is 0.775 bits per heavy atom. The highest BCUT2D eigenvalue weighted by Gasteiger charge is 2.21. The van der Waals surface area contributed by atoms with Crippen LogP contribution in [0.15, 0.2) is 84.9 Å². The molecule has 0 aromatic heterocycles. The second kappa shape index (κ2) is 10.6. The first-order valence-corrected chi connectivity index (χ1v) is 14.7. The van der Waals surface area contributed by atoms with Gasteiger partial charge in [-0.05, 0) is 131 Å². The molecule has 5 aromatic carbocycles. The lowest BCUT2D eigenvalue weighted by molar-refractivity contribution is 0.578. The molecule has 0 amide bonds. The van der Waals surface area contributed by atoms with E-state index in [4.69, 9.17) is 0 Å². The van der Waals surface area contributed by atoms with Gasteiger partial charge in [0.1, 0.15) is 11.6 Å². The Morgan fingerprint density at radius 3 is 1.15 bits per heavy atom. The number of hydrogen-bond acceptors (Lipinski definition) is 2. The van der Waals surface area contributed by atoms with E-state index in [0.717, 1.165) is 70.0 Å². The van der Waals surface area contributed by atoms with Crippen LogP contribution in [0.1, 0.15) is 38.5 Å². The summed E-state index contributed by atoms with van der Waals surface area (Å²) in [6, 6.07) is 27.4. The minimum absolute atomic E-state index is 0.235. The molecule has 0 bridgehead atoms. The van der Waals surface area contributed by atoms with Gasteiger partial charge in [-0.1, -0.05) is 36.4 Å². The van der Waals surface area contributed by atoms with Crippen LogP contribution in [0.3, 0.4) is 0 Å². The van der Waals surface area contributed by atoms with Gasteiger partial charge in [0, 0.05) is 37.6 Å². The Labute approximate surface area is 234 Å². The van der Waals surface area contributed by atoms with Crippen LogP contribution in [0, 0.1) is 11.6 Å². The molecule has 5 aromatic rings. The van der Waals surface area contributed by atoms with Gasteiger partial charge in [-0.25, -0.2) is 8.78 Å². The molecule has 0 spiro atoms. The molecule has 0 atom stereocenters. The molecule has 2 fully saturated rings. The first-order chi connectivity index (χ1) is 19.7. The third kappa shape index (κ3) is 4.60. The lowest BCUT2D eigenvalue weighted by Crippen LogP contribution is -2.29. The Kier molecular flexibility index (Phi) is 6.63. The van der Waals surface area contributed by atoms with E-state index >= 15 is 0 Å². The van der Waals surface area contributed by atoms with Crippen LogP contribution in [0.2, 0.25) is 0 Å². The molecule has 0 saturated carbocycles. The Bertz CT molecular complexity index is 1540. The molecule has 2 aliphatic rings. The summed E-state index contributed by atoms with van der Waals surface area (Å²) in [5.74, 6) is -0.469. The lowest BCUT2D eigenvalue weighted by atomic mass is 9.85. The molecule has 40 heavy (non-hydrogen) atoms. The van der Waals surface area contributed by atoms with Crippen molar-refractivity contribution in [3.63, 3.8) is 0 Å². The van der Waals surface area contributed by atoms with Crippen molar-refractivity contribution < 1.29 is 8.78 Å². The summed E-state index contributed by atoms with van der Waals surface area (Å²) in [6.45, 7) is 4.26. The molecule has 0 N–H and O–H groups in total. The van der Waals surface area contributed by atoms with E-state index < -0.39 is 0 Å². The SMILES string of the molecule is Fc1ccc(-c2c3ccc(N4CCCCC4)cc3c(-c3ccc(F)cc3)c3ccc(N4CCCCC4)cc23)cc1. The number of fused-ring (bicyclic) bond motifs is 2. The van der Waals surface area contributed by atoms with E-state index in [1.807, 2.05) is 24.3 Å². The second-order valence-corrected chi connectivity index (χ2v) is 11.3. The normalized spacial score (nSPS) is 16.1. The summed E-state index contributed by atoms with van der Waals surface area (Å²) < 4.78 is 28.1. The first kappa shape index (κ1) is 25.1. The van der Waals surface area contributed by atoms with Crippen molar-refractivity contribution >= 4 is 32.9 Å². The Hall–Kier alpha value is -3.92. The van der Waals surface area contributed by atoms with E-state index in [1.165, 1.54) is 49.9 Å². The summed E-state index contributed by atoms with van der Waals surface area (Å²) >= 11 is 0. The molecule has 0 radical (unpaired) electrons. The Balaban J connectivity index is 1.56. The maximum Gasteiger partial charge on any atom is 0.123 e. The number of halogens is 2. The van der Waals surface area contributed by atoms with E-state index in [1.54, 1.807) is 24.3 Å². The topological polar surface area (TPSA) is 6.48 Å². The van der Waals surface area contributed by atoms with Gasteiger partial charge in [-0.2, -0.15) is 0 Å². The van der Waals surface area contributed by atoms with Gasteiger partial charge in [0.2, 0.25) is 0 Å². The summed E-state index contributed by atoms with van der Waals surface area (Å²) in [6.07, 6.45) is 7.40. The number of benzene rings is 5. The van der Waals surface area contributed by atoms with Gasteiger partial charge in [-0.3, -0.25) is 0 Å². The summed E-state index contributed by atoms with van der Waals surface area (Å²) in [5.41, 5.74) is 6.71. The monoisotopic (exact) mass is 532 g/mol. The summed E-state index contributed by atoms with van der Waals surface area (Å²) in [4.78, 5) is 4.97. The first-order valence-electron chi connectivity index (χ1n) is 14.7. The van der Waals surface area contributed by atoms with Crippen LogP contribution >= 0.6 is 0 Å². The molecule has 202 valence electrons. The van der Waals surface area contributed by atoms with Gasteiger partial charge < -0.3 is 9.80 Å². The molecule has 2 saturated heterocycles. The molecule has 0 unspecified atom stereocenters. The van der Waals surface area contributed by atoms with Crippen molar-refractivity contribution in [1.82, 2.24) is 0 Å². The minimum Gasteiger partial charge on any atom is -0.372 e. The van der Waals surface area contributed by atoms with Crippen molar-refractivity contribution in [2.24, 2.45) is 0 Å². The third-order valence-electron chi connectivity index (χ3n) is 8.79. The summed E-state index contributed by atoms with van der Waals surface area (Å²) in [5, 5.41) is 4.56. The van der Waals surface area contributed by atoms with Crippen molar-refractivity contribution in [2.75, 3.05) is 36.0 Å². The lowest BCUT2D eigenvalue weighted by Gasteiger charge is -2.30. The molecule has 2 heterocycles. The quantitative estimate of drug-likeness (QED) is 0.213. The Morgan fingerprint density at radius 1 is 0.400 bits per heavy atom. The molecule has 4 heteroatoms. The zero-order chi connectivity index (χ0) is 27.1. The predicted molar refractivity (Wildman–Crippen MR) is 164 cm³/mol.